The standard InChI is InChI=1S/C59H46N2O2/c1-35-14-13-15-40(28-35)60-52-34-51(61-49-20-9-7-18-47(49)59(3,4)48-19-8-10-21-50(48)61)36(2)29-46(52)58-45(38-25-27-44-42-17-6-12-23-55(42)63-57(44)33-38)30-39(31-53(58)60)37-24-26-43-41-16-5-11-22-54(41)62-56(43)32-37/h5-13,15-28,30-36H,14,29H2,1-4H3. The largest absolute Gasteiger partial charge is 0.456 e. The minimum Gasteiger partial charge on any atom is -0.456 e. The van der Waals surface area contributed by atoms with E-state index in [-0.39, 0.29) is 11.3 Å². The average molecular weight is 815 g/mol. The van der Waals surface area contributed by atoms with Crippen molar-refractivity contribution in [1.82, 2.24) is 4.57 Å². The van der Waals surface area contributed by atoms with E-state index in [0.29, 0.717) is 5.92 Å². The fourth-order valence-corrected chi connectivity index (χ4v) is 11.2. The molecule has 0 bridgehead atoms. The van der Waals surface area contributed by atoms with Gasteiger partial charge in [0, 0.05) is 61.0 Å². The molecule has 4 nitrogen and oxygen atoms in total. The quantitative estimate of drug-likeness (QED) is 0.177. The molecule has 4 heterocycles. The number of benzene rings is 7. The molecule has 63 heavy (non-hydrogen) atoms. The zero-order chi connectivity index (χ0) is 42.1. The van der Waals surface area contributed by atoms with Gasteiger partial charge in [-0.1, -0.05) is 125 Å². The van der Waals surface area contributed by atoms with Crippen LogP contribution in [0.25, 0.3) is 88.8 Å². The minimum absolute atomic E-state index is 0.131. The molecule has 2 unspecified atom stereocenters. The van der Waals surface area contributed by atoms with Crippen molar-refractivity contribution in [3.05, 3.63) is 192 Å². The van der Waals surface area contributed by atoms with Gasteiger partial charge in [0.15, 0.2) is 0 Å². The topological polar surface area (TPSA) is 34.5 Å². The van der Waals surface area contributed by atoms with Crippen molar-refractivity contribution in [3.8, 4) is 22.3 Å². The summed E-state index contributed by atoms with van der Waals surface area (Å²) in [6.07, 6.45) is 11.6. The van der Waals surface area contributed by atoms with E-state index < -0.39 is 0 Å². The number of hydrogen-bond acceptors (Lipinski definition) is 3. The van der Waals surface area contributed by atoms with Crippen molar-refractivity contribution in [2.75, 3.05) is 4.90 Å². The van der Waals surface area contributed by atoms with Gasteiger partial charge in [0.25, 0.3) is 0 Å². The summed E-state index contributed by atoms with van der Waals surface area (Å²) in [5, 5.41) is 5.84. The molecule has 2 aliphatic carbocycles. The first kappa shape index (κ1) is 36.4. The van der Waals surface area contributed by atoms with Gasteiger partial charge in [0.05, 0.1) is 11.2 Å². The van der Waals surface area contributed by atoms with Gasteiger partial charge in [-0.2, -0.15) is 0 Å². The molecular weight excluding hydrogens is 769 g/mol. The van der Waals surface area contributed by atoms with Gasteiger partial charge in [-0.25, -0.2) is 0 Å². The molecule has 4 heteroatoms. The number of furan rings is 2. The van der Waals surface area contributed by atoms with Crippen LogP contribution in [0.2, 0.25) is 0 Å². The lowest BCUT2D eigenvalue weighted by Gasteiger charge is -2.44. The Morgan fingerprint density at radius 1 is 0.587 bits per heavy atom. The lowest BCUT2D eigenvalue weighted by molar-refractivity contribution is 0.611. The smallest absolute Gasteiger partial charge is 0.136 e. The molecule has 3 aromatic heterocycles. The third-order valence-corrected chi connectivity index (χ3v) is 14.3. The maximum atomic E-state index is 6.56. The van der Waals surface area contributed by atoms with Crippen LogP contribution in [0.3, 0.4) is 0 Å². The zero-order valence-corrected chi connectivity index (χ0v) is 35.9. The van der Waals surface area contributed by atoms with Gasteiger partial charge in [-0.15, -0.1) is 0 Å². The average Bonchev–Trinajstić information content (AvgIpc) is 3.97. The van der Waals surface area contributed by atoms with Crippen LogP contribution in [0.15, 0.2) is 178 Å². The highest BCUT2D eigenvalue weighted by Gasteiger charge is 2.39. The molecule has 0 amide bonds. The summed E-state index contributed by atoms with van der Waals surface area (Å²) < 4.78 is 15.6. The fraction of sp³-hybridized carbons (Fsp3) is 0.153. The summed E-state index contributed by atoms with van der Waals surface area (Å²) in [5.41, 5.74) is 19.7. The first-order valence-electron chi connectivity index (χ1n) is 22.4. The maximum absolute atomic E-state index is 6.56. The Labute approximate surface area is 366 Å². The molecule has 2 atom stereocenters. The molecule has 1 aliphatic heterocycles. The van der Waals surface area contributed by atoms with Gasteiger partial charge in [0.2, 0.25) is 0 Å². The SMILES string of the molecule is CC1C=C(n2c3c(c4c(-c5ccc6c(c5)oc5ccccc56)cc(-c5ccc6c(c5)oc5ccccc56)cc42)CC(C)C(N2c4ccccc4C(C)(C)c4ccccc42)=C3)C=CC1. The lowest BCUT2D eigenvalue weighted by atomic mass is 9.73. The van der Waals surface area contributed by atoms with Gasteiger partial charge in [-0.3, -0.25) is 0 Å². The Bertz CT molecular complexity index is 3610. The van der Waals surface area contributed by atoms with E-state index in [1.165, 1.54) is 61.6 Å². The van der Waals surface area contributed by atoms with Crippen molar-refractivity contribution in [2.45, 2.75) is 46.0 Å². The number of rotatable bonds is 4. The van der Waals surface area contributed by atoms with E-state index >= 15 is 0 Å². The van der Waals surface area contributed by atoms with Crippen LogP contribution in [-0.4, -0.2) is 4.57 Å². The van der Waals surface area contributed by atoms with Crippen LogP contribution in [0, 0.1) is 11.8 Å². The van der Waals surface area contributed by atoms with E-state index in [2.05, 4.69) is 195 Å². The normalized spacial score (nSPS) is 17.9. The second kappa shape index (κ2) is 13.3. The molecular formula is C59H46N2O2. The second-order valence-electron chi connectivity index (χ2n) is 18.6. The second-order valence-corrected chi connectivity index (χ2v) is 18.6. The number of fused-ring (bicyclic) bond motifs is 11. The third-order valence-electron chi connectivity index (χ3n) is 14.3. The molecule has 0 radical (unpaired) electrons. The van der Waals surface area contributed by atoms with Crippen molar-refractivity contribution in [2.24, 2.45) is 11.8 Å². The minimum atomic E-state index is -0.131. The summed E-state index contributed by atoms with van der Waals surface area (Å²) >= 11 is 0. The van der Waals surface area contributed by atoms with Gasteiger partial charge in [-0.05, 0) is 131 Å². The molecule has 304 valence electrons. The van der Waals surface area contributed by atoms with Crippen LogP contribution in [0.5, 0.6) is 0 Å². The Morgan fingerprint density at radius 3 is 1.84 bits per heavy atom. The van der Waals surface area contributed by atoms with Gasteiger partial charge < -0.3 is 18.3 Å². The zero-order valence-electron chi connectivity index (χ0n) is 35.9. The number of anilines is 2. The van der Waals surface area contributed by atoms with E-state index in [0.717, 1.165) is 73.4 Å². The number of aromatic nitrogens is 1. The monoisotopic (exact) mass is 814 g/mol. The van der Waals surface area contributed by atoms with Crippen LogP contribution >= 0.6 is 0 Å². The van der Waals surface area contributed by atoms with E-state index in [4.69, 9.17) is 8.83 Å². The highest BCUT2D eigenvalue weighted by Crippen LogP contribution is 2.53. The van der Waals surface area contributed by atoms with Gasteiger partial charge >= 0.3 is 0 Å². The predicted octanol–water partition coefficient (Wildman–Crippen LogP) is 16.2. The Kier molecular flexibility index (Phi) is 7.71. The Morgan fingerprint density at radius 2 is 1.17 bits per heavy atom. The van der Waals surface area contributed by atoms with Crippen LogP contribution in [0.4, 0.5) is 11.4 Å². The summed E-state index contributed by atoms with van der Waals surface area (Å²) in [5.74, 6) is 0.648. The molecule has 7 aromatic carbocycles. The van der Waals surface area contributed by atoms with E-state index in [9.17, 15) is 0 Å². The molecule has 0 spiro atoms. The number of para-hydroxylation sites is 4. The Hall–Kier alpha value is -7.30. The van der Waals surface area contributed by atoms with Crippen LogP contribution in [-0.2, 0) is 11.8 Å². The summed E-state index contributed by atoms with van der Waals surface area (Å²) in [6, 6.07) is 53.1. The molecule has 10 aromatic rings. The van der Waals surface area contributed by atoms with Crippen molar-refractivity contribution in [3.63, 3.8) is 0 Å². The summed E-state index contributed by atoms with van der Waals surface area (Å²) in [4.78, 5) is 2.57. The summed E-state index contributed by atoms with van der Waals surface area (Å²) in [6.45, 7) is 9.49. The van der Waals surface area contributed by atoms with E-state index in [1.54, 1.807) is 0 Å². The first-order valence-corrected chi connectivity index (χ1v) is 22.4. The Balaban J connectivity index is 1.11. The first-order chi connectivity index (χ1) is 30.8. The molecule has 3 aliphatic rings. The number of nitrogens with zero attached hydrogens (tertiary/aromatic N) is 2. The molecule has 0 saturated carbocycles. The van der Waals surface area contributed by atoms with Crippen LogP contribution < -0.4 is 4.90 Å². The van der Waals surface area contributed by atoms with Crippen molar-refractivity contribution < 1.29 is 8.83 Å². The molecule has 0 fully saturated rings. The summed E-state index contributed by atoms with van der Waals surface area (Å²) in [7, 11) is 0. The van der Waals surface area contributed by atoms with Crippen molar-refractivity contribution >= 4 is 77.9 Å². The highest BCUT2D eigenvalue weighted by molar-refractivity contribution is 6.10. The number of hydrogen-bond donors (Lipinski definition) is 0. The lowest BCUT2D eigenvalue weighted by Crippen LogP contribution is -2.35. The molecule has 0 N–H and O–H groups in total. The van der Waals surface area contributed by atoms with Crippen molar-refractivity contribution in [1.29, 1.82) is 0 Å². The number of allylic oxidation sites excluding steroid dienone is 5. The maximum Gasteiger partial charge on any atom is 0.136 e. The molecule has 0 saturated heterocycles. The van der Waals surface area contributed by atoms with Gasteiger partial charge in [0.1, 0.15) is 22.3 Å². The fourth-order valence-electron chi connectivity index (χ4n) is 11.2. The molecule has 13 rings (SSSR count). The third kappa shape index (κ3) is 5.34. The predicted molar refractivity (Wildman–Crippen MR) is 263 cm³/mol. The van der Waals surface area contributed by atoms with E-state index in [1.807, 2.05) is 12.1 Å². The highest BCUT2D eigenvalue weighted by atomic mass is 16.3. The van der Waals surface area contributed by atoms with Crippen LogP contribution in [0.1, 0.15) is 56.5 Å².